The molecule has 0 N–H and O–H groups in total. The van der Waals surface area contributed by atoms with Crippen LogP contribution in [-0.2, 0) is 15.0 Å². The summed E-state index contributed by atoms with van der Waals surface area (Å²) in [6.07, 6.45) is 2.07. The van der Waals surface area contributed by atoms with Crippen molar-refractivity contribution in [2.75, 3.05) is 18.0 Å². The minimum atomic E-state index is -0.231. The molecule has 162 valence electrons. The monoisotopic (exact) mass is 416 g/mol. The number of benzene rings is 2. The van der Waals surface area contributed by atoms with Crippen LogP contribution in [-0.4, -0.2) is 29.8 Å². The fourth-order valence-corrected chi connectivity index (χ4v) is 4.37. The summed E-state index contributed by atoms with van der Waals surface area (Å²) in [7, 11) is 0. The summed E-state index contributed by atoms with van der Waals surface area (Å²) in [5.74, 6) is 0.206. The van der Waals surface area contributed by atoms with Gasteiger partial charge in [0, 0.05) is 13.1 Å². The molecule has 1 saturated heterocycles. The van der Waals surface area contributed by atoms with Crippen LogP contribution in [0.5, 0.6) is 0 Å². The molecule has 0 radical (unpaired) electrons. The minimum absolute atomic E-state index is 0.0124. The van der Waals surface area contributed by atoms with Gasteiger partial charge in [0.2, 0.25) is 0 Å². The third-order valence-corrected chi connectivity index (χ3v) is 6.49. The number of rotatable bonds is 3. The first-order valence-corrected chi connectivity index (χ1v) is 11.2. The van der Waals surface area contributed by atoms with Crippen molar-refractivity contribution in [3.05, 3.63) is 70.9 Å². The van der Waals surface area contributed by atoms with Gasteiger partial charge in [-0.15, -0.1) is 0 Å². The fourth-order valence-electron chi connectivity index (χ4n) is 4.37. The number of anilines is 1. The van der Waals surface area contributed by atoms with E-state index in [1.165, 1.54) is 10.5 Å². The Morgan fingerprint density at radius 3 is 1.97 bits per heavy atom. The Morgan fingerprint density at radius 1 is 0.839 bits per heavy atom. The van der Waals surface area contributed by atoms with Gasteiger partial charge in [-0.3, -0.25) is 9.59 Å². The molecule has 2 amide bonds. The molecule has 0 bridgehead atoms. The van der Waals surface area contributed by atoms with Gasteiger partial charge >= 0.3 is 0 Å². The van der Waals surface area contributed by atoms with Crippen LogP contribution >= 0.6 is 0 Å². The van der Waals surface area contributed by atoms with E-state index in [2.05, 4.69) is 32.6 Å². The molecule has 31 heavy (non-hydrogen) atoms. The molecule has 4 heteroatoms. The molecule has 2 aromatic rings. The van der Waals surface area contributed by atoms with Crippen molar-refractivity contribution >= 4 is 23.1 Å². The van der Waals surface area contributed by atoms with Gasteiger partial charge in [0.1, 0.15) is 5.70 Å². The molecule has 0 atom stereocenters. The highest BCUT2D eigenvalue weighted by molar-refractivity contribution is 6.45. The molecular formula is C27H32N2O2. The van der Waals surface area contributed by atoms with Crippen LogP contribution in [0.25, 0.3) is 5.57 Å². The zero-order valence-electron chi connectivity index (χ0n) is 19.2. The van der Waals surface area contributed by atoms with E-state index in [-0.39, 0.29) is 17.2 Å². The van der Waals surface area contributed by atoms with Crippen LogP contribution in [0.3, 0.4) is 0 Å². The first-order valence-electron chi connectivity index (χ1n) is 11.2. The largest absolute Gasteiger partial charge is 0.366 e. The molecule has 0 aliphatic carbocycles. The van der Waals surface area contributed by atoms with Crippen LogP contribution in [0.4, 0.5) is 5.69 Å². The maximum Gasteiger partial charge on any atom is 0.282 e. The third-order valence-electron chi connectivity index (χ3n) is 6.49. The fraction of sp³-hybridized carbons (Fsp3) is 0.407. The number of imide groups is 1. The van der Waals surface area contributed by atoms with Gasteiger partial charge in [0.25, 0.3) is 11.8 Å². The molecular weight excluding hydrogens is 384 g/mol. The van der Waals surface area contributed by atoms with Crippen molar-refractivity contribution in [2.45, 2.75) is 52.9 Å². The number of aryl methyl sites for hydroxylation is 1. The predicted molar refractivity (Wildman–Crippen MR) is 126 cm³/mol. The van der Waals surface area contributed by atoms with Crippen molar-refractivity contribution < 1.29 is 9.59 Å². The molecule has 2 heterocycles. The van der Waals surface area contributed by atoms with E-state index in [0.717, 1.165) is 37.1 Å². The zero-order valence-corrected chi connectivity index (χ0v) is 19.2. The van der Waals surface area contributed by atoms with Crippen molar-refractivity contribution in [2.24, 2.45) is 5.92 Å². The Labute approximate surface area is 185 Å². The highest BCUT2D eigenvalue weighted by atomic mass is 16.2. The normalized spacial score (nSPS) is 18.4. The lowest BCUT2D eigenvalue weighted by Gasteiger charge is -2.32. The maximum absolute atomic E-state index is 13.6. The number of amides is 2. The summed E-state index contributed by atoms with van der Waals surface area (Å²) in [5.41, 5.74) is 4.84. The van der Waals surface area contributed by atoms with Gasteiger partial charge in [-0.1, -0.05) is 69.7 Å². The molecule has 1 fully saturated rings. The quantitative estimate of drug-likeness (QED) is 0.637. The van der Waals surface area contributed by atoms with Gasteiger partial charge in [-0.2, -0.15) is 0 Å². The number of carbonyl (C=O) groups excluding carboxylic acids is 2. The van der Waals surface area contributed by atoms with Crippen molar-refractivity contribution in [3.8, 4) is 0 Å². The van der Waals surface area contributed by atoms with Gasteiger partial charge in [-0.05, 0) is 54.4 Å². The molecule has 2 aliphatic heterocycles. The van der Waals surface area contributed by atoms with E-state index in [0.29, 0.717) is 22.9 Å². The van der Waals surface area contributed by atoms with Crippen molar-refractivity contribution in [3.63, 3.8) is 0 Å². The Kier molecular flexibility index (Phi) is 5.50. The van der Waals surface area contributed by atoms with E-state index in [4.69, 9.17) is 0 Å². The predicted octanol–water partition coefficient (Wildman–Crippen LogP) is 5.31. The highest BCUT2D eigenvalue weighted by Gasteiger charge is 2.43. The summed E-state index contributed by atoms with van der Waals surface area (Å²) < 4.78 is 0. The zero-order chi connectivity index (χ0) is 22.3. The van der Waals surface area contributed by atoms with Crippen molar-refractivity contribution in [1.29, 1.82) is 0 Å². The highest BCUT2D eigenvalue weighted by Crippen LogP contribution is 2.37. The smallest absolute Gasteiger partial charge is 0.282 e. The Morgan fingerprint density at radius 2 is 1.42 bits per heavy atom. The van der Waals surface area contributed by atoms with Gasteiger partial charge in [-0.25, -0.2) is 4.90 Å². The number of piperidine rings is 1. The van der Waals surface area contributed by atoms with E-state index in [1.807, 2.05) is 55.5 Å². The van der Waals surface area contributed by atoms with E-state index in [1.54, 1.807) is 0 Å². The standard InChI is InChI=1S/C27H32N2O2/c1-18-6-8-20(9-7-18)23-24(28-16-14-19(2)15-17-28)26(31)29(25(23)30)22-12-10-21(11-13-22)27(3,4)5/h6-13,19H,14-17H2,1-5H3. The molecule has 0 spiro atoms. The summed E-state index contributed by atoms with van der Waals surface area (Å²) in [4.78, 5) is 30.7. The van der Waals surface area contributed by atoms with Crippen LogP contribution < -0.4 is 4.90 Å². The maximum atomic E-state index is 13.6. The second-order valence-electron chi connectivity index (χ2n) is 10.0. The van der Waals surface area contributed by atoms with E-state index < -0.39 is 0 Å². The Hall–Kier alpha value is -2.88. The summed E-state index contributed by atoms with van der Waals surface area (Å²) in [6, 6.07) is 15.7. The number of hydrogen-bond acceptors (Lipinski definition) is 3. The van der Waals surface area contributed by atoms with Gasteiger partial charge in [0.15, 0.2) is 0 Å². The molecule has 2 aromatic carbocycles. The number of hydrogen-bond donors (Lipinski definition) is 0. The molecule has 0 aromatic heterocycles. The van der Waals surface area contributed by atoms with Crippen LogP contribution in [0.2, 0.25) is 0 Å². The first-order chi connectivity index (χ1) is 14.7. The first kappa shape index (κ1) is 21.4. The lowest BCUT2D eigenvalue weighted by atomic mass is 9.87. The molecule has 4 nitrogen and oxygen atoms in total. The summed E-state index contributed by atoms with van der Waals surface area (Å²) >= 11 is 0. The third kappa shape index (κ3) is 4.04. The summed E-state index contributed by atoms with van der Waals surface area (Å²) in [6.45, 7) is 12.3. The van der Waals surface area contributed by atoms with Crippen LogP contribution in [0.15, 0.2) is 54.2 Å². The lowest BCUT2D eigenvalue weighted by molar-refractivity contribution is -0.120. The molecule has 4 rings (SSSR count). The molecule has 2 aliphatic rings. The second-order valence-corrected chi connectivity index (χ2v) is 10.0. The van der Waals surface area contributed by atoms with E-state index >= 15 is 0 Å². The molecule has 0 saturated carbocycles. The topological polar surface area (TPSA) is 40.6 Å². The SMILES string of the molecule is Cc1ccc(C2=C(N3CCC(C)CC3)C(=O)N(c3ccc(C(C)(C)C)cc3)C2=O)cc1. The van der Waals surface area contributed by atoms with E-state index in [9.17, 15) is 9.59 Å². The Bertz CT molecular complexity index is 1020. The number of likely N-dealkylation sites (tertiary alicyclic amines) is 1. The van der Waals surface area contributed by atoms with Crippen LogP contribution in [0, 0.1) is 12.8 Å². The molecule has 0 unspecified atom stereocenters. The Balaban J connectivity index is 1.76. The average molecular weight is 417 g/mol. The number of carbonyl (C=O) groups is 2. The minimum Gasteiger partial charge on any atom is -0.366 e. The average Bonchev–Trinajstić information content (AvgIpc) is 2.99. The van der Waals surface area contributed by atoms with Gasteiger partial charge in [0.05, 0.1) is 11.3 Å². The second kappa shape index (κ2) is 7.99. The summed E-state index contributed by atoms with van der Waals surface area (Å²) in [5, 5.41) is 0. The number of nitrogens with zero attached hydrogens (tertiary/aromatic N) is 2. The van der Waals surface area contributed by atoms with Crippen molar-refractivity contribution in [1.82, 2.24) is 4.90 Å². The lowest BCUT2D eigenvalue weighted by Crippen LogP contribution is -2.38. The van der Waals surface area contributed by atoms with Gasteiger partial charge < -0.3 is 4.90 Å². The van der Waals surface area contributed by atoms with Crippen LogP contribution in [0.1, 0.15) is 57.2 Å².